The van der Waals surface area contributed by atoms with Crippen LogP contribution in [0.2, 0.25) is 0 Å². The van der Waals surface area contributed by atoms with Gasteiger partial charge in [-0.15, -0.1) is 0 Å². The summed E-state index contributed by atoms with van der Waals surface area (Å²) in [5.41, 5.74) is 17.6. The molecule has 0 unspecified atom stereocenters. The maximum absolute atomic E-state index is 2.79. The summed E-state index contributed by atoms with van der Waals surface area (Å²) in [6.07, 6.45) is 0. The molecular formula is C76H55NSi. The average molecular weight is 1010 g/mol. The lowest BCUT2D eigenvalue weighted by molar-refractivity contribution is 1.29. The second kappa shape index (κ2) is 21.4. The van der Waals surface area contributed by atoms with Crippen LogP contribution < -0.4 is 25.6 Å². The van der Waals surface area contributed by atoms with E-state index in [0.29, 0.717) is 0 Å². The molecule has 0 atom stereocenters. The highest BCUT2D eigenvalue weighted by Crippen LogP contribution is 2.53. The van der Waals surface area contributed by atoms with Gasteiger partial charge in [-0.1, -0.05) is 291 Å². The first-order chi connectivity index (χ1) is 38.7. The van der Waals surface area contributed by atoms with Gasteiger partial charge in [0.15, 0.2) is 8.07 Å². The van der Waals surface area contributed by atoms with Crippen LogP contribution in [0.4, 0.5) is 17.1 Å². The van der Waals surface area contributed by atoms with E-state index in [-0.39, 0.29) is 0 Å². The Morgan fingerprint density at radius 2 is 0.564 bits per heavy atom. The van der Waals surface area contributed by atoms with Gasteiger partial charge >= 0.3 is 0 Å². The number of hydrogen-bond acceptors (Lipinski definition) is 1. The van der Waals surface area contributed by atoms with Crippen LogP contribution in [-0.4, -0.2) is 8.07 Å². The average Bonchev–Trinajstić information content (AvgIpc) is 3.60. The molecule has 0 amide bonds. The molecule has 0 heterocycles. The van der Waals surface area contributed by atoms with Gasteiger partial charge in [-0.2, -0.15) is 0 Å². The third-order valence-corrected chi connectivity index (χ3v) is 20.2. The van der Waals surface area contributed by atoms with Gasteiger partial charge in [0.25, 0.3) is 0 Å². The van der Waals surface area contributed by atoms with Crippen LogP contribution in [0.25, 0.3) is 77.5 Å². The highest BCUT2D eigenvalue weighted by atomic mass is 28.3. The predicted molar refractivity (Wildman–Crippen MR) is 335 cm³/mol. The summed E-state index contributed by atoms with van der Waals surface area (Å²) in [5, 5.41) is 7.82. The fourth-order valence-electron chi connectivity index (χ4n) is 12.0. The molecular weight excluding hydrogens is 955 g/mol. The molecule has 0 aliphatic carbocycles. The summed E-state index contributed by atoms with van der Waals surface area (Å²) in [5.74, 6) is 0. The van der Waals surface area contributed by atoms with Gasteiger partial charge in [-0.25, -0.2) is 0 Å². The van der Waals surface area contributed by atoms with Crippen LogP contribution in [0.1, 0.15) is 0 Å². The SMILES string of the molecule is c1ccc(-c2c(-c3ccccc3)c(-c3ccccc3)c3c(-c4cccc(-c5ccc(N(c6ccccc6)c6cccc([Si](c7ccccc7)(c7ccccc7)c7ccccc7)c6)cc5)c4)cccc3c2-c2ccccc2)cc1. The Morgan fingerprint density at radius 1 is 0.205 bits per heavy atom. The van der Waals surface area contributed by atoms with Crippen LogP contribution in [-0.2, 0) is 0 Å². The van der Waals surface area contributed by atoms with Gasteiger partial charge in [0.2, 0.25) is 0 Å². The standard InChI is InChI=1S/C76H55NSi/c1-9-28-57(29-10-1)72-71-49-27-48-70(76(71)75(60-34-15-4-16-35-60)74(59-32-13-3-14-33-59)73(72)58-30-11-2-12-31-58)62-37-25-36-61(54-62)56-50-52-64(53-51-56)77(63-38-17-5-18-39-63)65-40-26-47-69(55-65)78(66-41-19-6-20-42-66,67-43-21-7-22-44-67)68-45-23-8-24-46-68/h1-55H. The summed E-state index contributed by atoms with van der Waals surface area (Å²) in [6, 6.07) is 123. The quantitative estimate of drug-likeness (QED) is 0.0822. The van der Waals surface area contributed by atoms with Gasteiger partial charge in [0.1, 0.15) is 0 Å². The summed E-state index contributed by atoms with van der Waals surface area (Å²) in [4.78, 5) is 2.41. The highest BCUT2D eigenvalue weighted by molar-refractivity contribution is 7.19. The van der Waals surface area contributed by atoms with Crippen molar-refractivity contribution in [2.45, 2.75) is 0 Å². The number of fused-ring (bicyclic) bond motifs is 1. The van der Waals surface area contributed by atoms with Crippen molar-refractivity contribution in [2.24, 2.45) is 0 Å². The molecule has 0 bridgehead atoms. The highest BCUT2D eigenvalue weighted by Gasteiger charge is 2.41. The Hall–Kier alpha value is -9.86. The largest absolute Gasteiger partial charge is 0.311 e. The second-order valence-electron chi connectivity index (χ2n) is 19.9. The molecule has 368 valence electrons. The van der Waals surface area contributed by atoms with Crippen molar-refractivity contribution in [1.29, 1.82) is 0 Å². The summed E-state index contributed by atoms with van der Waals surface area (Å²) < 4.78 is 0. The van der Waals surface area contributed by atoms with Gasteiger partial charge in [0.05, 0.1) is 0 Å². The zero-order valence-electron chi connectivity index (χ0n) is 43.2. The number of para-hydroxylation sites is 1. The van der Waals surface area contributed by atoms with Crippen LogP contribution in [0, 0.1) is 0 Å². The van der Waals surface area contributed by atoms with E-state index < -0.39 is 8.07 Å². The third kappa shape index (κ3) is 8.84. The Morgan fingerprint density at radius 3 is 1.08 bits per heavy atom. The molecule has 0 radical (unpaired) electrons. The van der Waals surface area contributed by atoms with Crippen LogP contribution in [0.5, 0.6) is 0 Å². The molecule has 13 aromatic carbocycles. The number of benzene rings is 13. The molecule has 0 fully saturated rings. The minimum absolute atomic E-state index is 1.09. The molecule has 13 aromatic rings. The van der Waals surface area contributed by atoms with Crippen LogP contribution in [0.15, 0.2) is 334 Å². The molecule has 1 nitrogen and oxygen atoms in total. The summed E-state index contributed by atoms with van der Waals surface area (Å²) >= 11 is 0. The molecule has 0 saturated carbocycles. The van der Waals surface area contributed by atoms with E-state index >= 15 is 0 Å². The van der Waals surface area contributed by atoms with E-state index in [9.17, 15) is 0 Å². The van der Waals surface area contributed by atoms with E-state index in [1.165, 1.54) is 81.6 Å². The number of hydrogen-bond donors (Lipinski definition) is 0. The second-order valence-corrected chi connectivity index (χ2v) is 23.7. The monoisotopic (exact) mass is 1010 g/mol. The van der Waals surface area contributed by atoms with Crippen molar-refractivity contribution in [3.8, 4) is 66.8 Å². The Bertz CT molecular complexity index is 4040. The molecule has 0 saturated heterocycles. The molecule has 0 N–H and O–H groups in total. The number of nitrogens with zero attached hydrogens (tertiary/aromatic N) is 1. The van der Waals surface area contributed by atoms with E-state index in [1.54, 1.807) is 0 Å². The van der Waals surface area contributed by atoms with Crippen molar-refractivity contribution >= 4 is 56.7 Å². The Balaban J connectivity index is 0.967. The molecule has 2 heteroatoms. The van der Waals surface area contributed by atoms with Gasteiger partial charge in [-0.3, -0.25) is 0 Å². The topological polar surface area (TPSA) is 3.24 Å². The van der Waals surface area contributed by atoms with Gasteiger partial charge < -0.3 is 4.90 Å². The van der Waals surface area contributed by atoms with E-state index in [4.69, 9.17) is 0 Å². The fourth-order valence-corrected chi connectivity index (χ4v) is 16.8. The first-order valence-corrected chi connectivity index (χ1v) is 28.9. The summed E-state index contributed by atoms with van der Waals surface area (Å²) in [6.45, 7) is 0. The Kier molecular flexibility index (Phi) is 13.1. The lowest BCUT2D eigenvalue weighted by Crippen LogP contribution is -2.74. The molecule has 0 spiro atoms. The maximum atomic E-state index is 2.45. The minimum Gasteiger partial charge on any atom is -0.311 e. The first kappa shape index (κ1) is 47.8. The zero-order valence-corrected chi connectivity index (χ0v) is 44.2. The van der Waals surface area contributed by atoms with E-state index in [2.05, 4.69) is 339 Å². The number of anilines is 3. The van der Waals surface area contributed by atoms with E-state index in [1.807, 2.05) is 0 Å². The third-order valence-electron chi connectivity index (χ3n) is 15.4. The fraction of sp³-hybridized carbons (Fsp3) is 0. The van der Waals surface area contributed by atoms with Crippen molar-refractivity contribution in [1.82, 2.24) is 0 Å². The molecule has 0 aliphatic heterocycles. The van der Waals surface area contributed by atoms with Crippen LogP contribution in [0.3, 0.4) is 0 Å². The Labute approximate surface area is 459 Å². The van der Waals surface area contributed by atoms with Crippen molar-refractivity contribution in [3.05, 3.63) is 334 Å². The van der Waals surface area contributed by atoms with Crippen molar-refractivity contribution in [3.63, 3.8) is 0 Å². The lowest BCUT2D eigenvalue weighted by atomic mass is 9.77. The van der Waals surface area contributed by atoms with Crippen molar-refractivity contribution in [2.75, 3.05) is 4.90 Å². The maximum Gasteiger partial charge on any atom is 0.179 e. The molecule has 13 rings (SSSR count). The van der Waals surface area contributed by atoms with Gasteiger partial charge in [-0.05, 0) is 141 Å². The first-order valence-electron chi connectivity index (χ1n) is 26.9. The predicted octanol–water partition coefficient (Wildman–Crippen LogP) is 17.7. The minimum atomic E-state index is -2.79. The lowest BCUT2D eigenvalue weighted by Gasteiger charge is -2.35. The smallest absolute Gasteiger partial charge is 0.179 e. The normalized spacial score (nSPS) is 11.3. The van der Waals surface area contributed by atoms with Crippen molar-refractivity contribution < 1.29 is 0 Å². The van der Waals surface area contributed by atoms with Crippen LogP contribution >= 0.6 is 0 Å². The summed E-state index contributed by atoms with van der Waals surface area (Å²) in [7, 11) is -2.79. The zero-order chi connectivity index (χ0) is 52.1. The number of rotatable bonds is 13. The van der Waals surface area contributed by atoms with Gasteiger partial charge in [0, 0.05) is 17.1 Å². The molecule has 0 aromatic heterocycles. The molecule has 0 aliphatic rings. The van der Waals surface area contributed by atoms with E-state index in [0.717, 1.165) is 33.8 Å². The molecule has 78 heavy (non-hydrogen) atoms.